The van der Waals surface area contributed by atoms with Gasteiger partial charge in [0.25, 0.3) is 5.12 Å². The Kier molecular flexibility index (Phi) is 7.36. The maximum absolute atomic E-state index is 5.77. The summed E-state index contributed by atoms with van der Waals surface area (Å²) in [5.41, 5.74) is 0.236. The number of hydrogen-bond donors (Lipinski definition) is 0. The van der Waals surface area contributed by atoms with E-state index >= 15 is 0 Å². The molecule has 1 aliphatic rings. The Labute approximate surface area is 122 Å². The predicted octanol–water partition coefficient (Wildman–Crippen LogP) is 3.29. The van der Waals surface area contributed by atoms with Crippen molar-refractivity contribution in [2.45, 2.75) is 39.5 Å². The highest BCUT2D eigenvalue weighted by molar-refractivity contribution is 4.86. The predicted molar refractivity (Wildman–Crippen MR) is 80.7 cm³/mol. The Hall–Kier alpha value is -1.30. The van der Waals surface area contributed by atoms with Gasteiger partial charge in [-0.1, -0.05) is 20.3 Å². The first-order chi connectivity index (χ1) is 9.65. The summed E-state index contributed by atoms with van der Waals surface area (Å²) in [7, 11) is 0. The lowest BCUT2D eigenvalue weighted by Gasteiger charge is -2.41. The van der Waals surface area contributed by atoms with Crippen LogP contribution in [0.1, 0.15) is 39.5 Å². The highest BCUT2D eigenvalue weighted by Crippen LogP contribution is 2.34. The molecule has 1 unspecified atom stereocenters. The number of nitrogens with zero attached hydrogens (tertiary/aromatic N) is 3. The molecule has 1 fully saturated rings. The van der Waals surface area contributed by atoms with Crippen LogP contribution in [0.5, 0.6) is 0 Å². The average molecular weight is 281 g/mol. The maximum atomic E-state index is 5.77. The third-order valence-corrected chi connectivity index (χ3v) is 4.00. The summed E-state index contributed by atoms with van der Waals surface area (Å²) in [5.74, 6) is 0.776. The summed E-state index contributed by atoms with van der Waals surface area (Å²) in [6, 6.07) is 0. The van der Waals surface area contributed by atoms with Gasteiger partial charge in [0.2, 0.25) is 0 Å². The van der Waals surface area contributed by atoms with E-state index in [2.05, 4.69) is 23.8 Å². The van der Waals surface area contributed by atoms with E-state index in [-0.39, 0.29) is 5.41 Å². The summed E-state index contributed by atoms with van der Waals surface area (Å²) >= 11 is 0. The maximum Gasteiger partial charge on any atom is 0.312 e. The zero-order valence-electron chi connectivity index (χ0n) is 12.8. The molecule has 20 heavy (non-hydrogen) atoms. The fourth-order valence-electron chi connectivity index (χ4n) is 2.19. The topological polar surface area (TPSA) is 30.4 Å². The van der Waals surface area contributed by atoms with Crippen molar-refractivity contribution in [3.05, 3.63) is 9.91 Å². The van der Waals surface area contributed by atoms with Gasteiger partial charge >= 0.3 is 13.1 Å². The summed E-state index contributed by atoms with van der Waals surface area (Å²) in [4.78, 5) is 6.81. The van der Waals surface area contributed by atoms with Crippen LogP contribution >= 0.6 is 0 Å². The smallest absolute Gasteiger partial charge is 0.312 e. The molecule has 0 bridgehead atoms. The van der Waals surface area contributed by atoms with Crippen molar-refractivity contribution >= 4 is 0 Å². The number of hydrogen-bond acceptors (Lipinski definition) is 3. The molecule has 1 atom stereocenters. The minimum absolute atomic E-state index is 0.236. The Morgan fingerprint density at radius 1 is 1.35 bits per heavy atom. The molecule has 0 aromatic rings. The zero-order chi connectivity index (χ0) is 14.8. The van der Waals surface area contributed by atoms with Gasteiger partial charge < -0.3 is 9.47 Å². The lowest BCUT2D eigenvalue weighted by atomic mass is 9.80. The summed E-state index contributed by atoms with van der Waals surface area (Å²) in [6.45, 7) is 18.4. The Bertz CT molecular complexity index is 341. The molecule has 1 heterocycles. The molecular weight excluding hydrogens is 254 g/mol. The van der Waals surface area contributed by atoms with E-state index in [1.165, 1.54) is 24.4 Å². The van der Waals surface area contributed by atoms with E-state index in [4.69, 9.17) is 22.6 Å². The summed E-state index contributed by atoms with van der Waals surface area (Å²) in [6.07, 6.45) is 4.46. The normalized spacial score (nSPS) is 17.6. The second-order valence-electron chi connectivity index (χ2n) is 5.78. The largest absolute Gasteiger partial charge is 0.381 e. The van der Waals surface area contributed by atoms with Gasteiger partial charge in [-0.3, -0.25) is 0 Å². The van der Waals surface area contributed by atoms with Gasteiger partial charge in [0.05, 0.1) is 19.8 Å². The zero-order valence-corrected chi connectivity index (χ0v) is 12.8. The molecule has 1 rings (SSSR count). The van der Waals surface area contributed by atoms with Crippen LogP contribution in [0.25, 0.3) is 9.91 Å². The van der Waals surface area contributed by atoms with E-state index in [0.717, 1.165) is 32.2 Å². The summed E-state index contributed by atoms with van der Waals surface area (Å²) < 4.78 is 11.2. The van der Waals surface area contributed by atoms with Crippen molar-refractivity contribution in [3.8, 4) is 13.1 Å². The van der Waals surface area contributed by atoms with Crippen molar-refractivity contribution < 1.29 is 9.47 Å². The van der Waals surface area contributed by atoms with Crippen molar-refractivity contribution in [2.24, 2.45) is 11.3 Å². The lowest BCUT2D eigenvalue weighted by molar-refractivity contribution is -0.154. The SMILES string of the molecule is C#[N+]N(CCCOCC1(CCC(C)CC)COC1)[N+]#C. The highest BCUT2D eigenvalue weighted by atomic mass is 16.5. The average Bonchev–Trinajstić information content (AvgIpc) is 2.43. The van der Waals surface area contributed by atoms with Crippen molar-refractivity contribution in [1.82, 2.24) is 5.12 Å². The van der Waals surface area contributed by atoms with Gasteiger partial charge in [-0.15, -0.1) is 0 Å². The fraction of sp³-hybridized carbons (Fsp3) is 0.867. The van der Waals surface area contributed by atoms with Gasteiger partial charge in [0.15, 0.2) is 16.5 Å². The quantitative estimate of drug-likeness (QED) is 0.455. The van der Waals surface area contributed by atoms with Crippen LogP contribution in [-0.4, -0.2) is 38.1 Å². The monoisotopic (exact) mass is 281 g/mol. The first-order valence-corrected chi connectivity index (χ1v) is 7.40. The summed E-state index contributed by atoms with van der Waals surface area (Å²) in [5, 5.41) is 1.26. The van der Waals surface area contributed by atoms with Crippen LogP contribution < -0.4 is 0 Å². The van der Waals surface area contributed by atoms with Crippen molar-refractivity contribution in [3.63, 3.8) is 0 Å². The molecule has 0 amide bonds. The van der Waals surface area contributed by atoms with Gasteiger partial charge in [-0.25, -0.2) is 0 Å². The second-order valence-corrected chi connectivity index (χ2v) is 5.78. The molecule has 5 nitrogen and oxygen atoms in total. The molecule has 112 valence electrons. The molecule has 0 radical (unpaired) electrons. The first kappa shape index (κ1) is 16.8. The van der Waals surface area contributed by atoms with E-state index in [9.17, 15) is 0 Å². The van der Waals surface area contributed by atoms with Crippen LogP contribution in [0.4, 0.5) is 0 Å². The van der Waals surface area contributed by atoms with Gasteiger partial charge in [0, 0.05) is 18.4 Å². The minimum Gasteiger partial charge on any atom is -0.381 e. The fourth-order valence-corrected chi connectivity index (χ4v) is 2.19. The minimum atomic E-state index is 0.236. The van der Waals surface area contributed by atoms with Gasteiger partial charge in [-0.05, 0) is 18.8 Å². The molecule has 0 aliphatic carbocycles. The molecule has 0 aromatic heterocycles. The standard InChI is InChI=1S/C15H27N3O2/c1-5-14(2)7-8-15(12-20-13-15)11-19-10-6-9-18(16-3)17-4/h3-4,14H,5-13H2,1-2H3/q+2. The van der Waals surface area contributed by atoms with Crippen LogP contribution in [-0.2, 0) is 9.47 Å². The molecular formula is C15H27N3O2+2. The van der Waals surface area contributed by atoms with Crippen molar-refractivity contribution in [1.29, 1.82) is 0 Å². The van der Waals surface area contributed by atoms with E-state index in [0.29, 0.717) is 13.2 Å². The first-order valence-electron chi connectivity index (χ1n) is 7.40. The third kappa shape index (κ3) is 5.36. The molecule has 0 spiro atoms. The van der Waals surface area contributed by atoms with E-state index in [1.807, 2.05) is 0 Å². The van der Waals surface area contributed by atoms with Gasteiger partial charge in [-0.2, -0.15) is 0 Å². The van der Waals surface area contributed by atoms with Gasteiger partial charge in [0.1, 0.15) is 0 Å². The molecule has 0 N–H and O–H groups in total. The van der Waals surface area contributed by atoms with Crippen LogP contribution in [0, 0.1) is 24.5 Å². The van der Waals surface area contributed by atoms with Crippen LogP contribution in [0.3, 0.4) is 0 Å². The molecule has 0 saturated carbocycles. The number of rotatable bonds is 10. The van der Waals surface area contributed by atoms with E-state index < -0.39 is 0 Å². The number of ether oxygens (including phenoxy) is 2. The molecule has 1 aliphatic heterocycles. The molecule has 0 aromatic carbocycles. The Morgan fingerprint density at radius 3 is 2.55 bits per heavy atom. The van der Waals surface area contributed by atoms with Crippen LogP contribution in [0.15, 0.2) is 0 Å². The highest BCUT2D eigenvalue weighted by Gasteiger charge is 2.38. The lowest BCUT2D eigenvalue weighted by Crippen LogP contribution is -2.46. The third-order valence-electron chi connectivity index (χ3n) is 4.00. The van der Waals surface area contributed by atoms with Crippen molar-refractivity contribution in [2.75, 3.05) is 33.0 Å². The Morgan fingerprint density at radius 2 is 2.05 bits per heavy atom. The second kappa shape index (κ2) is 8.79. The molecule has 1 saturated heterocycles. The Balaban J connectivity index is 2.15. The molecule has 5 heteroatoms. The van der Waals surface area contributed by atoms with E-state index in [1.54, 1.807) is 0 Å². The van der Waals surface area contributed by atoms with Crippen LogP contribution in [0.2, 0.25) is 0 Å².